The van der Waals surface area contributed by atoms with Gasteiger partial charge in [-0.1, -0.05) is 5.57 Å². The number of unbranched alkanes of at least 4 members (excludes halogenated alkanes) is 2. The Kier molecular flexibility index (Phi) is 6.36. The second kappa shape index (κ2) is 7.54. The van der Waals surface area contributed by atoms with Gasteiger partial charge in [-0.15, -0.1) is 0 Å². The molecule has 4 heteroatoms. The van der Waals surface area contributed by atoms with E-state index >= 15 is 0 Å². The first kappa shape index (κ1) is 15.2. The normalized spacial score (nSPS) is 17.5. The summed E-state index contributed by atoms with van der Waals surface area (Å²) in [5, 5.41) is 0. The summed E-state index contributed by atoms with van der Waals surface area (Å²) in [5.74, 6) is -0.636. The van der Waals surface area contributed by atoms with Crippen LogP contribution in [-0.2, 0) is 19.0 Å². The molecule has 18 heavy (non-hydrogen) atoms. The Bertz CT molecular complexity index is 286. The fourth-order valence-corrected chi connectivity index (χ4v) is 1.88. The Morgan fingerprint density at radius 3 is 2.50 bits per heavy atom. The Morgan fingerprint density at radius 1 is 1.22 bits per heavy atom. The van der Waals surface area contributed by atoms with Gasteiger partial charge in [0.1, 0.15) is 0 Å². The molecule has 0 spiro atoms. The van der Waals surface area contributed by atoms with Crippen LogP contribution in [0.4, 0.5) is 0 Å². The van der Waals surface area contributed by atoms with Crippen molar-refractivity contribution in [1.29, 1.82) is 0 Å². The van der Waals surface area contributed by atoms with Gasteiger partial charge in [0, 0.05) is 12.5 Å². The number of hydrogen-bond donors (Lipinski definition) is 0. The third-order valence-electron chi connectivity index (χ3n) is 2.82. The molecule has 0 aliphatic carbocycles. The molecule has 1 rings (SSSR count). The van der Waals surface area contributed by atoms with E-state index in [2.05, 4.69) is 0 Å². The van der Waals surface area contributed by atoms with Crippen LogP contribution in [0.3, 0.4) is 0 Å². The lowest BCUT2D eigenvalue weighted by atomic mass is 10.1. The number of hydrogen-bond acceptors (Lipinski definition) is 4. The molecule has 0 amide bonds. The molecule has 1 aliphatic heterocycles. The molecule has 0 unspecified atom stereocenters. The first-order valence-corrected chi connectivity index (χ1v) is 6.61. The quantitative estimate of drug-likeness (QED) is 0.399. The second-order valence-corrected chi connectivity index (χ2v) is 5.03. The van der Waals surface area contributed by atoms with E-state index in [1.165, 1.54) is 6.08 Å². The highest BCUT2D eigenvalue weighted by atomic mass is 16.7. The summed E-state index contributed by atoms with van der Waals surface area (Å²) in [4.78, 5) is 11.2. The van der Waals surface area contributed by atoms with Gasteiger partial charge in [-0.25, -0.2) is 4.79 Å². The maximum atomic E-state index is 11.2. The van der Waals surface area contributed by atoms with Gasteiger partial charge in [0.15, 0.2) is 5.79 Å². The van der Waals surface area contributed by atoms with E-state index in [-0.39, 0.29) is 5.97 Å². The van der Waals surface area contributed by atoms with Crippen LogP contribution in [0.5, 0.6) is 0 Å². The van der Waals surface area contributed by atoms with Crippen molar-refractivity contribution in [3.63, 3.8) is 0 Å². The van der Waals surface area contributed by atoms with Crippen molar-refractivity contribution >= 4 is 5.97 Å². The minimum Gasteiger partial charge on any atom is -0.463 e. The van der Waals surface area contributed by atoms with Crippen molar-refractivity contribution in [1.82, 2.24) is 0 Å². The molecule has 0 radical (unpaired) electrons. The van der Waals surface area contributed by atoms with Crippen LogP contribution < -0.4 is 0 Å². The predicted molar refractivity (Wildman–Crippen MR) is 69.2 cm³/mol. The molecule has 0 aromatic carbocycles. The lowest BCUT2D eigenvalue weighted by molar-refractivity contribution is -0.148. The van der Waals surface area contributed by atoms with Gasteiger partial charge in [-0.2, -0.15) is 0 Å². The molecular formula is C14H24O4. The zero-order valence-corrected chi connectivity index (χ0v) is 11.7. The number of carbonyl (C=O) groups is 1. The van der Waals surface area contributed by atoms with E-state index in [0.29, 0.717) is 19.8 Å². The Hall–Kier alpha value is -0.870. The van der Waals surface area contributed by atoms with Gasteiger partial charge < -0.3 is 14.2 Å². The van der Waals surface area contributed by atoms with E-state index in [1.807, 2.05) is 20.8 Å². The highest BCUT2D eigenvalue weighted by Gasteiger charge is 2.29. The number of carbonyl (C=O) groups excluding carboxylic acids is 1. The number of esters is 1. The van der Waals surface area contributed by atoms with Gasteiger partial charge >= 0.3 is 5.97 Å². The first-order valence-electron chi connectivity index (χ1n) is 6.61. The average Bonchev–Trinajstić information content (AvgIpc) is 2.70. The number of rotatable bonds is 7. The van der Waals surface area contributed by atoms with Crippen LogP contribution in [0.1, 0.15) is 46.5 Å². The predicted octanol–water partition coefficient (Wildman–Crippen LogP) is 2.82. The Morgan fingerprint density at radius 2 is 1.89 bits per heavy atom. The van der Waals surface area contributed by atoms with Crippen molar-refractivity contribution in [2.45, 2.75) is 52.2 Å². The molecule has 1 saturated heterocycles. The minimum atomic E-state index is -0.390. The summed E-state index contributed by atoms with van der Waals surface area (Å²) in [5.41, 5.74) is 0.962. The van der Waals surface area contributed by atoms with Crippen LogP contribution in [0.2, 0.25) is 0 Å². The summed E-state index contributed by atoms with van der Waals surface area (Å²) >= 11 is 0. The first-order chi connectivity index (χ1) is 8.52. The molecule has 0 atom stereocenters. The van der Waals surface area contributed by atoms with Gasteiger partial charge in [0.2, 0.25) is 0 Å². The highest BCUT2D eigenvalue weighted by Crippen LogP contribution is 2.24. The van der Waals surface area contributed by atoms with E-state index in [0.717, 1.165) is 31.3 Å². The van der Waals surface area contributed by atoms with Crippen LogP contribution >= 0.6 is 0 Å². The second-order valence-electron chi connectivity index (χ2n) is 5.03. The average molecular weight is 256 g/mol. The highest BCUT2D eigenvalue weighted by molar-refractivity contribution is 5.82. The van der Waals surface area contributed by atoms with Crippen molar-refractivity contribution < 1.29 is 19.0 Å². The van der Waals surface area contributed by atoms with Crippen molar-refractivity contribution in [3.8, 4) is 0 Å². The summed E-state index contributed by atoms with van der Waals surface area (Å²) in [6.07, 6.45) is 5.34. The van der Waals surface area contributed by atoms with Crippen LogP contribution in [0, 0.1) is 0 Å². The molecule has 0 aromatic rings. The molecule has 1 heterocycles. The molecule has 0 saturated carbocycles. The zero-order valence-electron chi connectivity index (χ0n) is 11.7. The van der Waals surface area contributed by atoms with Gasteiger partial charge in [0.25, 0.3) is 0 Å². The number of ether oxygens (including phenoxy) is 3. The van der Waals surface area contributed by atoms with E-state index in [4.69, 9.17) is 14.2 Å². The molecular weight excluding hydrogens is 232 g/mol. The summed E-state index contributed by atoms with van der Waals surface area (Å²) in [6, 6.07) is 0. The SMILES string of the molecule is CC(C)=CC(=O)OCCCCCC1(C)OCCO1. The minimum absolute atomic E-state index is 0.246. The van der Waals surface area contributed by atoms with Gasteiger partial charge in [-0.3, -0.25) is 0 Å². The molecule has 0 N–H and O–H groups in total. The van der Waals surface area contributed by atoms with Crippen molar-refractivity contribution in [2.75, 3.05) is 19.8 Å². The molecule has 1 fully saturated rings. The molecule has 104 valence electrons. The topological polar surface area (TPSA) is 44.8 Å². The van der Waals surface area contributed by atoms with E-state index < -0.39 is 5.79 Å². The molecule has 0 bridgehead atoms. The third kappa shape index (κ3) is 6.17. The summed E-state index contributed by atoms with van der Waals surface area (Å²) in [7, 11) is 0. The van der Waals surface area contributed by atoms with Crippen LogP contribution in [-0.4, -0.2) is 31.6 Å². The molecule has 1 aliphatic rings. The Balaban J connectivity index is 1.99. The standard InChI is InChI=1S/C14H24O4/c1-12(2)11-13(15)16-8-6-4-5-7-14(3)17-9-10-18-14/h11H,4-10H2,1-3H3. The van der Waals surface area contributed by atoms with Crippen molar-refractivity contribution in [3.05, 3.63) is 11.6 Å². The van der Waals surface area contributed by atoms with Crippen molar-refractivity contribution in [2.24, 2.45) is 0 Å². The Labute approximate surface area is 109 Å². The van der Waals surface area contributed by atoms with Gasteiger partial charge in [-0.05, 0) is 40.0 Å². The fraction of sp³-hybridized carbons (Fsp3) is 0.786. The third-order valence-corrected chi connectivity index (χ3v) is 2.82. The van der Waals surface area contributed by atoms with E-state index in [1.54, 1.807) is 0 Å². The largest absolute Gasteiger partial charge is 0.463 e. The van der Waals surface area contributed by atoms with Crippen LogP contribution in [0.15, 0.2) is 11.6 Å². The maximum Gasteiger partial charge on any atom is 0.330 e. The molecule has 0 aromatic heterocycles. The van der Waals surface area contributed by atoms with Crippen LogP contribution in [0.25, 0.3) is 0 Å². The maximum absolute atomic E-state index is 11.2. The lowest BCUT2D eigenvalue weighted by Crippen LogP contribution is -2.25. The molecule has 4 nitrogen and oxygen atoms in total. The van der Waals surface area contributed by atoms with Gasteiger partial charge in [0.05, 0.1) is 19.8 Å². The number of allylic oxidation sites excluding steroid dienone is 1. The summed E-state index contributed by atoms with van der Waals surface area (Å²) < 4.78 is 16.1. The summed E-state index contributed by atoms with van der Waals surface area (Å²) in [6.45, 7) is 7.61. The zero-order chi connectivity index (χ0) is 13.4. The fourth-order valence-electron chi connectivity index (χ4n) is 1.88. The lowest BCUT2D eigenvalue weighted by Gasteiger charge is -2.21. The monoisotopic (exact) mass is 256 g/mol. The van der Waals surface area contributed by atoms with E-state index in [9.17, 15) is 4.79 Å². The smallest absolute Gasteiger partial charge is 0.330 e.